The number of para-hydroxylation sites is 1. The van der Waals surface area contributed by atoms with Gasteiger partial charge in [0.1, 0.15) is 0 Å². The number of fused-ring (bicyclic) bond motifs is 1. The predicted molar refractivity (Wildman–Crippen MR) is 81.3 cm³/mol. The summed E-state index contributed by atoms with van der Waals surface area (Å²) >= 11 is 12.3. The minimum Gasteiger partial charge on any atom is -0.286 e. The van der Waals surface area contributed by atoms with Crippen LogP contribution in [0.5, 0.6) is 0 Å². The Morgan fingerprint density at radius 2 is 1.79 bits per heavy atom. The minimum atomic E-state index is 0.508. The molecule has 0 atom stereocenters. The van der Waals surface area contributed by atoms with Gasteiger partial charge in [0.25, 0.3) is 0 Å². The van der Waals surface area contributed by atoms with Crippen molar-refractivity contribution in [3.8, 4) is 0 Å². The van der Waals surface area contributed by atoms with Crippen molar-refractivity contribution in [2.75, 3.05) is 0 Å². The maximum absolute atomic E-state index is 6.23. The predicted octanol–water partition coefficient (Wildman–Crippen LogP) is 4.70. The highest BCUT2D eigenvalue weighted by molar-refractivity contribution is 6.48. The Hall–Kier alpha value is -1.64. The third-order valence-electron chi connectivity index (χ3n) is 2.94. The molecule has 19 heavy (non-hydrogen) atoms. The summed E-state index contributed by atoms with van der Waals surface area (Å²) in [6.45, 7) is 0.626. The molecule has 0 fully saturated rings. The molecule has 0 radical (unpaired) electrons. The van der Waals surface area contributed by atoms with Crippen molar-refractivity contribution in [1.82, 2.24) is 0 Å². The third-order valence-corrected chi connectivity index (χ3v) is 3.75. The fourth-order valence-corrected chi connectivity index (χ4v) is 2.37. The van der Waals surface area contributed by atoms with Crippen molar-refractivity contribution in [2.45, 2.75) is 6.54 Å². The van der Waals surface area contributed by atoms with Gasteiger partial charge in [-0.2, -0.15) is 0 Å². The van der Waals surface area contributed by atoms with E-state index in [2.05, 4.69) is 9.98 Å². The molecule has 2 nitrogen and oxygen atoms in total. The van der Waals surface area contributed by atoms with E-state index < -0.39 is 0 Å². The van der Waals surface area contributed by atoms with Crippen LogP contribution in [0.3, 0.4) is 0 Å². The first-order valence-electron chi connectivity index (χ1n) is 5.86. The lowest BCUT2D eigenvalue weighted by atomic mass is 10.1. The Morgan fingerprint density at radius 1 is 0.947 bits per heavy atom. The number of hydrogen-bond donors (Lipinski definition) is 0. The molecule has 0 saturated heterocycles. The number of benzene rings is 2. The lowest BCUT2D eigenvalue weighted by Gasteiger charge is -2.05. The lowest BCUT2D eigenvalue weighted by molar-refractivity contribution is 1.08. The van der Waals surface area contributed by atoms with E-state index in [1.807, 2.05) is 36.4 Å². The number of halogens is 2. The van der Waals surface area contributed by atoms with Gasteiger partial charge in [-0.05, 0) is 17.7 Å². The van der Waals surface area contributed by atoms with Crippen LogP contribution in [-0.2, 0) is 6.54 Å². The second-order valence-electron chi connectivity index (χ2n) is 4.20. The normalized spacial score (nSPS) is 13.7. The van der Waals surface area contributed by atoms with Crippen LogP contribution in [0.2, 0.25) is 10.0 Å². The highest BCUT2D eigenvalue weighted by atomic mass is 35.5. The largest absolute Gasteiger partial charge is 0.286 e. The second kappa shape index (κ2) is 5.16. The molecule has 2 aromatic carbocycles. The van der Waals surface area contributed by atoms with Crippen LogP contribution in [0, 0.1) is 0 Å². The third kappa shape index (κ3) is 2.42. The van der Waals surface area contributed by atoms with Crippen molar-refractivity contribution >= 4 is 40.8 Å². The van der Waals surface area contributed by atoms with Crippen molar-refractivity contribution in [1.29, 1.82) is 0 Å². The zero-order valence-corrected chi connectivity index (χ0v) is 11.5. The average molecular weight is 289 g/mol. The summed E-state index contributed by atoms with van der Waals surface area (Å²) in [5.41, 5.74) is 3.56. The Labute approximate surface area is 121 Å². The zero-order valence-electron chi connectivity index (χ0n) is 9.98. The molecule has 1 aliphatic rings. The summed E-state index contributed by atoms with van der Waals surface area (Å²) in [5.74, 6) is 0. The van der Waals surface area contributed by atoms with Crippen molar-refractivity contribution in [3.05, 3.63) is 63.6 Å². The molecule has 0 saturated carbocycles. The highest BCUT2D eigenvalue weighted by Crippen LogP contribution is 2.28. The number of nitrogens with zero attached hydrogens (tertiary/aromatic N) is 2. The topological polar surface area (TPSA) is 24.7 Å². The number of aliphatic imine (C=N–C) groups is 2. The molecule has 94 valence electrons. The van der Waals surface area contributed by atoms with Gasteiger partial charge in [0, 0.05) is 11.8 Å². The monoisotopic (exact) mass is 288 g/mol. The Kier molecular flexibility index (Phi) is 3.36. The van der Waals surface area contributed by atoms with E-state index in [0.717, 1.165) is 22.5 Å². The van der Waals surface area contributed by atoms with Crippen LogP contribution in [0.15, 0.2) is 52.4 Å². The minimum absolute atomic E-state index is 0.508. The van der Waals surface area contributed by atoms with Gasteiger partial charge in [0.15, 0.2) is 0 Å². The van der Waals surface area contributed by atoms with E-state index >= 15 is 0 Å². The zero-order chi connectivity index (χ0) is 13.2. The van der Waals surface area contributed by atoms with Crippen LogP contribution in [0.25, 0.3) is 0 Å². The maximum Gasteiger partial charge on any atom is 0.0903 e. The second-order valence-corrected chi connectivity index (χ2v) is 4.98. The Balaban J connectivity index is 2.15. The van der Waals surface area contributed by atoms with Crippen molar-refractivity contribution in [2.24, 2.45) is 9.98 Å². The SMILES string of the molecule is Clc1cccc(C2=Nc3ccccc3CN=C2)c1Cl. The lowest BCUT2D eigenvalue weighted by Crippen LogP contribution is -2.02. The van der Waals surface area contributed by atoms with Gasteiger partial charge in [-0.1, -0.05) is 53.5 Å². The molecule has 0 spiro atoms. The van der Waals surface area contributed by atoms with Gasteiger partial charge in [-0.15, -0.1) is 0 Å². The molecule has 0 aliphatic carbocycles. The fraction of sp³-hybridized carbons (Fsp3) is 0.0667. The summed E-state index contributed by atoms with van der Waals surface area (Å²) in [4.78, 5) is 9.02. The number of rotatable bonds is 1. The molecule has 3 rings (SSSR count). The van der Waals surface area contributed by atoms with Gasteiger partial charge < -0.3 is 0 Å². The van der Waals surface area contributed by atoms with E-state index in [1.54, 1.807) is 12.3 Å². The van der Waals surface area contributed by atoms with Gasteiger partial charge in [-0.3, -0.25) is 4.99 Å². The molecule has 2 aromatic rings. The molecule has 1 aliphatic heterocycles. The van der Waals surface area contributed by atoms with E-state index in [4.69, 9.17) is 23.2 Å². The fourth-order valence-electron chi connectivity index (χ4n) is 1.97. The van der Waals surface area contributed by atoms with Crippen LogP contribution < -0.4 is 0 Å². The highest BCUT2D eigenvalue weighted by Gasteiger charge is 2.12. The number of hydrogen-bond acceptors (Lipinski definition) is 2. The van der Waals surface area contributed by atoms with Crippen molar-refractivity contribution in [3.63, 3.8) is 0 Å². The van der Waals surface area contributed by atoms with E-state index in [9.17, 15) is 0 Å². The van der Waals surface area contributed by atoms with Crippen molar-refractivity contribution < 1.29 is 0 Å². The van der Waals surface area contributed by atoms with E-state index in [0.29, 0.717) is 16.6 Å². The van der Waals surface area contributed by atoms with Crippen LogP contribution in [-0.4, -0.2) is 11.9 Å². The molecule has 1 heterocycles. The molecular formula is C15H10Cl2N2. The maximum atomic E-state index is 6.23. The standard InChI is InChI=1S/C15H10Cl2N2/c16-12-6-3-5-11(15(12)17)14-9-18-8-10-4-1-2-7-13(10)19-14/h1-7,9H,8H2. The van der Waals surface area contributed by atoms with E-state index in [-0.39, 0.29) is 0 Å². The average Bonchev–Trinajstić information content (AvgIpc) is 2.64. The summed E-state index contributed by atoms with van der Waals surface area (Å²) in [6.07, 6.45) is 1.75. The van der Waals surface area contributed by atoms with Crippen LogP contribution in [0.1, 0.15) is 11.1 Å². The molecule has 0 amide bonds. The first-order chi connectivity index (χ1) is 9.25. The Morgan fingerprint density at radius 3 is 2.68 bits per heavy atom. The molecule has 0 unspecified atom stereocenters. The van der Waals surface area contributed by atoms with Crippen LogP contribution >= 0.6 is 23.2 Å². The molecule has 0 N–H and O–H groups in total. The smallest absolute Gasteiger partial charge is 0.0903 e. The summed E-state index contributed by atoms with van der Waals surface area (Å²) in [5, 5.41) is 1.03. The molecule has 0 bridgehead atoms. The summed E-state index contributed by atoms with van der Waals surface area (Å²) in [6, 6.07) is 13.5. The van der Waals surface area contributed by atoms with E-state index in [1.165, 1.54) is 0 Å². The van der Waals surface area contributed by atoms with Gasteiger partial charge in [0.2, 0.25) is 0 Å². The molecule has 4 heteroatoms. The Bertz CT molecular complexity index is 690. The molecular weight excluding hydrogens is 279 g/mol. The first kappa shape index (κ1) is 12.4. The quantitative estimate of drug-likeness (QED) is 0.727. The van der Waals surface area contributed by atoms with Gasteiger partial charge >= 0.3 is 0 Å². The summed E-state index contributed by atoms with van der Waals surface area (Å²) < 4.78 is 0. The van der Waals surface area contributed by atoms with Crippen LogP contribution in [0.4, 0.5) is 5.69 Å². The van der Waals surface area contributed by atoms with Gasteiger partial charge in [-0.25, -0.2) is 4.99 Å². The first-order valence-corrected chi connectivity index (χ1v) is 6.62. The summed E-state index contributed by atoms with van der Waals surface area (Å²) in [7, 11) is 0. The van der Waals surface area contributed by atoms with Gasteiger partial charge in [0.05, 0.1) is 28.0 Å². The molecule has 0 aromatic heterocycles.